The largest absolute Gasteiger partial charge is 0.390 e. The molecule has 1 heterocycles. The van der Waals surface area contributed by atoms with E-state index in [9.17, 15) is 13.2 Å². The van der Waals surface area contributed by atoms with E-state index >= 15 is 0 Å². The highest BCUT2D eigenvalue weighted by Gasteiger charge is 2.38. The van der Waals surface area contributed by atoms with Gasteiger partial charge in [0.25, 0.3) is 0 Å². The van der Waals surface area contributed by atoms with Gasteiger partial charge in [0.1, 0.15) is 0 Å². The number of nitrogens with one attached hydrogen (secondary N) is 2. The van der Waals surface area contributed by atoms with E-state index in [4.69, 9.17) is 0 Å². The van der Waals surface area contributed by atoms with Crippen molar-refractivity contribution < 1.29 is 13.2 Å². The molecule has 0 aromatic carbocycles. The third-order valence-electron chi connectivity index (χ3n) is 4.98. The highest BCUT2D eigenvalue weighted by Crippen LogP contribution is 2.34. The zero-order chi connectivity index (χ0) is 17.5. The second-order valence-corrected chi connectivity index (χ2v) is 7.83. The van der Waals surface area contributed by atoms with Gasteiger partial charge in [0.2, 0.25) is 0 Å². The topological polar surface area (TPSA) is 39.7 Å². The zero-order valence-electron chi connectivity index (χ0n) is 14.8. The van der Waals surface area contributed by atoms with Gasteiger partial charge in [-0.25, -0.2) is 0 Å². The molecule has 0 aromatic rings. The number of rotatable bonds is 5. The third kappa shape index (κ3) is 7.70. The van der Waals surface area contributed by atoms with Crippen molar-refractivity contribution >= 4 is 41.7 Å². The van der Waals surface area contributed by atoms with E-state index in [0.29, 0.717) is 5.96 Å². The van der Waals surface area contributed by atoms with Crippen molar-refractivity contribution in [2.75, 3.05) is 44.7 Å². The number of hydrogen-bond acceptors (Lipinski definition) is 3. The van der Waals surface area contributed by atoms with Crippen LogP contribution >= 0.6 is 35.7 Å². The Labute approximate surface area is 170 Å². The Morgan fingerprint density at radius 3 is 2.32 bits per heavy atom. The molecule has 0 bridgehead atoms. The van der Waals surface area contributed by atoms with Gasteiger partial charge < -0.3 is 10.6 Å². The molecule has 4 nitrogen and oxygen atoms in total. The average molecular weight is 494 g/mol. The van der Waals surface area contributed by atoms with Crippen LogP contribution in [0.5, 0.6) is 0 Å². The number of hydrogen-bond donors (Lipinski definition) is 2. The molecule has 2 N–H and O–H groups in total. The number of halogens is 4. The summed E-state index contributed by atoms with van der Waals surface area (Å²) in [5, 5.41) is 6.07. The van der Waals surface area contributed by atoms with Crippen molar-refractivity contribution in [3.05, 3.63) is 0 Å². The van der Waals surface area contributed by atoms with Crippen molar-refractivity contribution in [1.82, 2.24) is 15.5 Å². The molecule has 0 atom stereocenters. The molecular formula is C16H30F3IN4S. The standard InChI is InChI=1S/C16H29F3N4S.HI/c1-20-14(21-8-7-16(17,18)19)22-13-15(5-3-2-4-6-15)23-9-11-24-12-10-23;/h2-13H2,1H3,(H2,20,21,22);1H. The van der Waals surface area contributed by atoms with Crippen molar-refractivity contribution in [1.29, 1.82) is 0 Å². The van der Waals surface area contributed by atoms with E-state index in [1.54, 1.807) is 7.05 Å². The van der Waals surface area contributed by atoms with Crippen LogP contribution in [0.1, 0.15) is 38.5 Å². The fourth-order valence-electron chi connectivity index (χ4n) is 3.64. The molecule has 0 radical (unpaired) electrons. The molecule has 0 aromatic heterocycles. The minimum absolute atomic E-state index is 0. The second-order valence-electron chi connectivity index (χ2n) is 6.60. The van der Waals surface area contributed by atoms with E-state index in [-0.39, 0.29) is 36.1 Å². The van der Waals surface area contributed by atoms with Crippen LogP contribution < -0.4 is 10.6 Å². The number of guanidine groups is 1. The second kappa shape index (κ2) is 11.1. The fourth-order valence-corrected chi connectivity index (χ4v) is 4.55. The molecule has 2 fully saturated rings. The summed E-state index contributed by atoms with van der Waals surface area (Å²) in [5.41, 5.74) is 0.126. The molecule has 2 rings (SSSR count). The molecule has 1 saturated carbocycles. The zero-order valence-corrected chi connectivity index (χ0v) is 18.0. The summed E-state index contributed by atoms with van der Waals surface area (Å²) in [6, 6.07) is 0. The summed E-state index contributed by atoms with van der Waals surface area (Å²) in [7, 11) is 1.61. The first-order valence-corrected chi connectivity index (χ1v) is 9.95. The SMILES string of the molecule is CN=C(NCCC(F)(F)F)NCC1(N2CCSCC2)CCCCC1.I. The van der Waals surface area contributed by atoms with E-state index in [1.165, 1.54) is 30.8 Å². The van der Waals surface area contributed by atoms with Gasteiger partial charge in [0.05, 0.1) is 6.42 Å². The summed E-state index contributed by atoms with van der Waals surface area (Å²) >= 11 is 2.00. The molecule has 0 amide bonds. The van der Waals surface area contributed by atoms with Crippen LogP contribution in [-0.4, -0.2) is 67.3 Å². The molecular weight excluding hydrogens is 464 g/mol. The summed E-state index contributed by atoms with van der Waals surface area (Å²) in [4.78, 5) is 6.67. The van der Waals surface area contributed by atoms with Crippen molar-refractivity contribution in [3.8, 4) is 0 Å². The molecule has 148 valence electrons. The molecule has 0 unspecified atom stereocenters. The number of alkyl halides is 3. The normalized spacial score (nSPS) is 22.2. The van der Waals surface area contributed by atoms with E-state index in [2.05, 4.69) is 20.5 Å². The Morgan fingerprint density at radius 2 is 1.76 bits per heavy atom. The highest BCUT2D eigenvalue weighted by molar-refractivity contribution is 14.0. The maximum atomic E-state index is 12.3. The maximum Gasteiger partial charge on any atom is 0.390 e. The Hall–Kier alpha value is 0.1000. The number of aliphatic imine (C=N–C) groups is 1. The molecule has 2 aliphatic rings. The monoisotopic (exact) mass is 494 g/mol. The van der Waals surface area contributed by atoms with Gasteiger partial charge in [-0.15, -0.1) is 24.0 Å². The lowest BCUT2D eigenvalue weighted by molar-refractivity contribution is -0.132. The summed E-state index contributed by atoms with van der Waals surface area (Å²) in [6.07, 6.45) is 1.07. The van der Waals surface area contributed by atoms with Crippen LogP contribution in [0.2, 0.25) is 0 Å². The van der Waals surface area contributed by atoms with Crippen LogP contribution in [0.15, 0.2) is 4.99 Å². The summed E-state index contributed by atoms with van der Waals surface area (Å²) in [5.74, 6) is 2.80. The van der Waals surface area contributed by atoms with E-state index < -0.39 is 12.6 Å². The van der Waals surface area contributed by atoms with Gasteiger partial charge in [0.15, 0.2) is 5.96 Å². The summed E-state index contributed by atoms with van der Waals surface area (Å²) < 4.78 is 36.8. The highest BCUT2D eigenvalue weighted by atomic mass is 127. The summed E-state index contributed by atoms with van der Waals surface area (Å²) in [6.45, 7) is 2.82. The van der Waals surface area contributed by atoms with Crippen LogP contribution in [0, 0.1) is 0 Å². The van der Waals surface area contributed by atoms with Crippen molar-refractivity contribution in [3.63, 3.8) is 0 Å². The predicted octanol–water partition coefficient (Wildman–Crippen LogP) is 3.47. The average Bonchev–Trinajstić information content (AvgIpc) is 2.58. The maximum absolute atomic E-state index is 12.3. The van der Waals surface area contributed by atoms with Gasteiger partial charge in [-0.2, -0.15) is 24.9 Å². The lowest BCUT2D eigenvalue weighted by Crippen LogP contribution is -2.59. The van der Waals surface area contributed by atoms with Crippen LogP contribution in [0.25, 0.3) is 0 Å². The van der Waals surface area contributed by atoms with Gasteiger partial charge in [-0.05, 0) is 12.8 Å². The third-order valence-corrected chi connectivity index (χ3v) is 5.92. The van der Waals surface area contributed by atoms with Crippen LogP contribution in [-0.2, 0) is 0 Å². The van der Waals surface area contributed by atoms with Crippen molar-refractivity contribution in [2.45, 2.75) is 50.2 Å². The first kappa shape index (κ1) is 23.1. The first-order chi connectivity index (χ1) is 11.5. The predicted molar refractivity (Wildman–Crippen MR) is 110 cm³/mol. The number of nitrogens with zero attached hydrogens (tertiary/aromatic N) is 2. The first-order valence-electron chi connectivity index (χ1n) is 8.79. The molecule has 1 aliphatic carbocycles. The fraction of sp³-hybridized carbons (Fsp3) is 0.938. The van der Waals surface area contributed by atoms with E-state index in [0.717, 1.165) is 32.5 Å². The van der Waals surface area contributed by atoms with Gasteiger partial charge in [-0.3, -0.25) is 9.89 Å². The molecule has 1 saturated heterocycles. The van der Waals surface area contributed by atoms with Gasteiger partial charge in [-0.1, -0.05) is 19.3 Å². The van der Waals surface area contributed by atoms with Crippen molar-refractivity contribution in [2.24, 2.45) is 4.99 Å². The Kier molecular flexibility index (Phi) is 10.2. The molecule has 0 spiro atoms. The molecule has 25 heavy (non-hydrogen) atoms. The Morgan fingerprint density at radius 1 is 1.12 bits per heavy atom. The molecule has 1 aliphatic heterocycles. The van der Waals surface area contributed by atoms with Crippen LogP contribution in [0.3, 0.4) is 0 Å². The molecule has 9 heteroatoms. The van der Waals surface area contributed by atoms with E-state index in [1.807, 2.05) is 11.8 Å². The quantitative estimate of drug-likeness (QED) is 0.349. The lowest BCUT2D eigenvalue weighted by atomic mass is 9.80. The lowest BCUT2D eigenvalue weighted by Gasteiger charge is -2.48. The Bertz CT molecular complexity index is 409. The minimum atomic E-state index is -4.14. The van der Waals surface area contributed by atoms with Gasteiger partial charge in [0, 0.05) is 50.3 Å². The number of thioether (sulfide) groups is 1. The smallest absolute Gasteiger partial charge is 0.356 e. The Balaban J connectivity index is 0.00000312. The minimum Gasteiger partial charge on any atom is -0.356 e. The van der Waals surface area contributed by atoms with Crippen LogP contribution in [0.4, 0.5) is 13.2 Å². The van der Waals surface area contributed by atoms with Gasteiger partial charge >= 0.3 is 6.18 Å².